The molecule has 1 aromatic carbocycles. The minimum absolute atomic E-state index is 0. The summed E-state index contributed by atoms with van der Waals surface area (Å²) in [6.07, 6.45) is 0. The lowest BCUT2D eigenvalue weighted by molar-refractivity contribution is 0.682. The third kappa shape index (κ3) is 4.23. The van der Waals surface area contributed by atoms with Gasteiger partial charge < -0.3 is 9.88 Å². The molecule has 0 bridgehead atoms. The minimum Gasteiger partial charge on any atom is -0.313 e. The molecule has 4 nitrogen and oxygen atoms in total. The number of nitrogens with zero attached hydrogens (tertiary/aromatic N) is 3. The van der Waals surface area contributed by atoms with Crippen molar-refractivity contribution < 1.29 is 0 Å². The van der Waals surface area contributed by atoms with Crippen LogP contribution in [0.25, 0.3) is 0 Å². The van der Waals surface area contributed by atoms with Crippen LogP contribution in [0.15, 0.2) is 23.4 Å². The van der Waals surface area contributed by atoms with Crippen LogP contribution in [-0.4, -0.2) is 21.8 Å². The summed E-state index contributed by atoms with van der Waals surface area (Å²) < 4.78 is 2.05. The molecule has 1 N–H and O–H groups in total. The highest BCUT2D eigenvalue weighted by molar-refractivity contribution is 7.98. The lowest BCUT2D eigenvalue weighted by atomic mass is 10.1. The first-order valence-electron chi connectivity index (χ1n) is 6.33. The quantitative estimate of drug-likeness (QED) is 0.862. The highest BCUT2D eigenvalue weighted by Gasteiger charge is 2.08. The monoisotopic (exact) mass is 312 g/mol. The Morgan fingerprint density at radius 3 is 2.40 bits per heavy atom. The third-order valence-corrected chi connectivity index (χ3v) is 4.00. The normalized spacial score (nSPS) is 10.4. The van der Waals surface area contributed by atoms with Crippen LogP contribution in [0.2, 0.25) is 0 Å². The Balaban J connectivity index is 0.00000200. The summed E-state index contributed by atoms with van der Waals surface area (Å²) in [6, 6.07) is 6.65. The molecule has 1 heterocycles. The van der Waals surface area contributed by atoms with E-state index in [4.69, 9.17) is 0 Å². The van der Waals surface area contributed by atoms with E-state index >= 15 is 0 Å². The molecular weight excluding hydrogens is 292 g/mol. The van der Waals surface area contributed by atoms with Crippen molar-refractivity contribution in [2.45, 2.75) is 31.3 Å². The summed E-state index contributed by atoms with van der Waals surface area (Å²) in [6.45, 7) is 5.01. The second-order valence-electron chi connectivity index (χ2n) is 4.77. The third-order valence-electron chi connectivity index (χ3n) is 2.91. The topological polar surface area (TPSA) is 42.7 Å². The van der Waals surface area contributed by atoms with Crippen LogP contribution in [-0.2, 0) is 19.3 Å². The Morgan fingerprint density at radius 1 is 1.15 bits per heavy atom. The van der Waals surface area contributed by atoms with Crippen LogP contribution in [0.3, 0.4) is 0 Å². The van der Waals surface area contributed by atoms with E-state index in [1.807, 2.05) is 18.7 Å². The zero-order valence-electron chi connectivity index (χ0n) is 12.3. The van der Waals surface area contributed by atoms with Crippen molar-refractivity contribution in [3.05, 3.63) is 40.7 Å². The zero-order chi connectivity index (χ0) is 13.8. The van der Waals surface area contributed by atoms with Gasteiger partial charge in [-0.3, -0.25) is 0 Å². The fourth-order valence-electron chi connectivity index (χ4n) is 2.08. The molecule has 0 aliphatic heterocycles. The molecule has 0 saturated heterocycles. The Labute approximate surface area is 130 Å². The smallest absolute Gasteiger partial charge is 0.191 e. The number of benzene rings is 1. The van der Waals surface area contributed by atoms with Crippen molar-refractivity contribution in [1.82, 2.24) is 20.1 Å². The second-order valence-corrected chi connectivity index (χ2v) is 5.72. The number of hydrogen-bond donors (Lipinski definition) is 1. The van der Waals surface area contributed by atoms with Gasteiger partial charge in [-0.05, 0) is 26.5 Å². The second kappa shape index (κ2) is 7.67. The predicted octanol–water partition coefficient (Wildman–Crippen LogP) is 2.87. The lowest BCUT2D eigenvalue weighted by Gasteiger charge is -2.05. The summed E-state index contributed by atoms with van der Waals surface area (Å²) >= 11 is 1.73. The van der Waals surface area contributed by atoms with Crippen LogP contribution in [0.5, 0.6) is 0 Å². The van der Waals surface area contributed by atoms with Crippen LogP contribution < -0.4 is 5.32 Å². The molecular formula is C14H21ClN4S. The van der Waals surface area contributed by atoms with Crippen LogP contribution in [0.1, 0.15) is 22.5 Å². The molecule has 6 heteroatoms. The van der Waals surface area contributed by atoms with E-state index in [1.165, 1.54) is 16.7 Å². The highest BCUT2D eigenvalue weighted by Crippen LogP contribution is 2.22. The van der Waals surface area contributed by atoms with E-state index < -0.39 is 0 Å². The van der Waals surface area contributed by atoms with E-state index in [1.54, 1.807) is 11.8 Å². The van der Waals surface area contributed by atoms with Gasteiger partial charge in [0.25, 0.3) is 0 Å². The van der Waals surface area contributed by atoms with Crippen molar-refractivity contribution in [2.75, 3.05) is 7.05 Å². The standard InChI is InChI=1S/C14H20N4S.ClH/c1-10-5-11(2)7-12(6-10)9-19-14-17-16-13(8-15-3)18(14)4;/h5-7,15H,8-9H2,1-4H3;1H. The van der Waals surface area contributed by atoms with E-state index in [0.29, 0.717) is 0 Å². The van der Waals surface area contributed by atoms with Gasteiger partial charge in [-0.15, -0.1) is 22.6 Å². The van der Waals surface area contributed by atoms with Crippen molar-refractivity contribution in [1.29, 1.82) is 0 Å². The lowest BCUT2D eigenvalue weighted by Crippen LogP contribution is -2.10. The van der Waals surface area contributed by atoms with Gasteiger partial charge in [0.1, 0.15) is 5.82 Å². The van der Waals surface area contributed by atoms with E-state index in [2.05, 4.69) is 47.6 Å². The SMILES string of the molecule is CNCc1nnc(SCc2cc(C)cc(C)c2)n1C.Cl. The first-order chi connectivity index (χ1) is 9.10. The van der Waals surface area contributed by atoms with Gasteiger partial charge in [0.15, 0.2) is 5.16 Å². The molecule has 0 amide bonds. The first-order valence-corrected chi connectivity index (χ1v) is 7.31. The number of aromatic nitrogens is 3. The fourth-order valence-corrected chi connectivity index (χ4v) is 2.94. The van der Waals surface area contributed by atoms with E-state index in [0.717, 1.165) is 23.3 Å². The Bertz CT molecular complexity index is 548. The van der Waals surface area contributed by atoms with Gasteiger partial charge in [0, 0.05) is 12.8 Å². The molecule has 2 aromatic rings. The summed E-state index contributed by atoms with van der Waals surface area (Å²) in [5, 5.41) is 12.5. The molecule has 20 heavy (non-hydrogen) atoms. The largest absolute Gasteiger partial charge is 0.313 e. The molecule has 0 atom stereocenters. The van der Waals surface area contributed by atoms with Crippen molar-refractivity contribution >= 4 is 24.2 Å². The van der Waals surface area contributed by atoms with Crippen LogP contribution in [0.4, 0.5) is 0 Å². The van der Waals surface area contributed by atoms with Crippen LogP contribution >= 0.6 is 24.2 Å². The average Bonchev–Trinajstić information content (AvgIpc) is 2.68. The molecule has 0 spiro atoms. The number of nitrogens with one attached hydrogen (secondary N) is 1. The van der Waals surface area contributed by atoms with Gasteiger partial charge in [0.05, 0.1) is 6.54 Å². The highest BCUT2D eigenvalue weighted by atomic mass is 35.5. The zero-order valence-corrected chi connectivity index (χ0v) is 13.9. The molecule has 2 rings (SSSR count). The first kappa shape index (κ1) is 17.0. The molecule has 0 fully saturated rings. The number of aryl methyl sites for hydroxylation is 2. The van der Waals surface area contributed by atoms with Crippen molar-refractivity contribution in [2.24, 2.45) is 7.05 Å². The fraction of sp³-hybridized carbons (Fsp3) is 0.429. The van der Waals surface area contributed by atoms with Gasteiger partial charge in [0.2, 0.25) is 0 Å². The molecule has 0 radical (unpaired) electrons. The number of hydrogen-bond acceptors (Lipinski definition) is 4. The minimum atomic E-state index is 0. The Kier molecular flexibility index (Phi) is 6.52. The van der Waals surface area contributed by atoms with Gasteiger partial charge in [-0.1, -0.05) is 41.1 Å². The molecule has 110 valence electrons. The summed E-state index contributed by atoms with van der Waals surface area (Å²) in [5.41, 5.74) is 3.95. The van der Waals surface area contributed by atoms with Gasteiger partial charge in [-0.25, -0.2) is 0 Å². The number of rotatable bonds is 5. The molecule has 1 aromatic heterocycles. The summed E-state index contributed by atoms with van der Waals surface area (Å²) in [5.74, 6) is 1.89. The van der Waals surface area contributed by atoms with Crippen molar-refractivity contribution in [3.63, 3.8) is 0 Å². The number of halogens is 1. The Morgan fingerprint density at radius 2 is 1.80 bits per heavy atom. The molecule has 0 unspecified atom stereocenters. The van der Waals surface area contributed by atoms with Crippen LogP contribution in [0, 0.1) is 13.8 Å². The Hall–Kier alpha value is -1.04. The number of thioether (sulfide) groups is 1. The maximum atomic E-state index is 4.23. The maximum Gasteiger partial charge on any atom is 0.191 e. The van der Waals surface area contributed by atoms with Gasteiger partial charge >= 0.3 is 0 Å². The molecule has 0 aliphatic carbocycles. The van der Waals surface area contributed by atoms with Crippen molar-refractivity contribution in [3.8, 4) is 0 Å². The predicted molar refractivity (Wildman–Crippen MR) is 86.5 cm³/mol. The molecule has 0 saturated carbocycles. The van der Waals surface area contributed by atoms with E-state index in [9.17, 15) is 0 Å². The summed E-state index contributed by atoms with van der Waals surface area (Å²) in [7, 11) is 3.92. The van der Waals surface area contributed by atoms with E-state index in [-0.39, 0.29) is 12.4 Å². The summed E-state index contributed by atoms with van der Waals surface area (Å²) in [4.78, 5) is 0. The molecule has 0 aliphatic rings. The van der Waals surface area contributed by atoms with Gasteiger partial charge in [-0.2, -0.15) is 0 Å². The maximum absolute atomic E-state index is 4.23. The average molecular weight is 313 g/mol.